The van der Waals surface area contributed by atoms with Gasteiger partial charge in [-0.1, -0.05) is 12.1 Å². The van der Waals surface area contributed by atoms with E-state index in [-0.39, 0.29) is 12.4 Å². The molecule has 0 radical (unpaired) electrons. The molecule has 2 aromatic carbocycles. The number of aliphatic hydroxyl groups is 1. The molecule has 0 bridgehead atoms. The summed E-state index contributed by atoms with van der Waals surface area (Å²) in [5.41, 5.74) is 3.44. The molecular formula is C17H18N2O2S. The molecule has 0 aliphatic heterocycles. The number of carbonyl (C=O) groups is 1. The highest BCUT2D eigenvalue weighted by Crippen LogP contribution is 2.13. The molecule has 0 saturated heterocycles. The number of Topliss-reactive ketones (excluding diaryl/α,β-unsaturated/α-hetero) is 1. The number of nitrogens with one attached hydrogen (secondary N) is 2. The number of ketones is 1. The Morgan fingerprint density at radius 1 is 1.00 bits per heavy atom. The number of rotatable bonds is 5. The molecule has 0 amide bonds. The van der Waals surface area contributed by atoms with Crippen molar-refractivity contribution in [1.29, 1.82) is 0 Å². The quantitative estimate of drug-likeness (QED) is 0.584. The largest absolute Gasteiger partial charge is 0.396 e. The van der Waals surface area contributed by atoms with Crippen LogP contribution in [0.5, 0.6) is 0 Å². The normalized spacial score (nSPS) is 10.1. The highest BCUT2D eigenvalue weighted by Gasteiger charge is 2.02. The monoisotopic (exact) mass is 314 g/mol. The topological polar surface area (TPSA) is 61.4 Å². The van der Waals surface area contributed by atoms with Crippen molar-refractivity contribution >= 4 is 34.5 Å². The molecule has 2 rings (SSSR count). The van der Waals surface area contributed by atoms with E-state index < -0.39 is 0 Å². The van der Waals surface area contributed by atoms with E-state index in [0.717, 1.165) is 16.9 Å². The van der Waals surface area contributed by atoms with Crippen LogP contribution in [0.25, 0.3) is 0 Å². The van der Waals surface area contributed by atoms with Gasteiger partial charge < -0.3 is 15.7 Å². The lowest BCUT2D eigenvalue weighted by Gasteiger charge is -2.11. The minimum atomic E-state index is 0.0372. The first-order valence-electron chi connectivity index (χ1n) is 6.97. The maximum atomic E-state index is 11.2. The summed E-state index contributed by atoms with van der Waals surface area (Å²) in [6.07, 6.45) is 0.644. The van der Waals surface area contributed by atoms with Crippen molar-refractivity contribution in [2.24, 2.45) is 0 Å². The predicted molar refractivity (Wildman–Crippen MR) is 93.5 cm³/mol. The van der Waals surface area contributed by atoms with Crippen molar-refractivity contribution < 1.29 is 9.90 Å². The third-order valence-corrected chi connectivity index (χ3v) is 3.37. The summed E-state index contributed by atoms with van der Waals surface area (Å²) in [6, 6.07) is 14.9. The van der Waals surface area contributed by atoms with Crippen molar-refractivity contribution in [2.45, 2.75) is 13.3 Å². The van der Waals surface area contributed by atoms with E-state index in [1.807, 2.05) is 36.4 Å². The highest BCUT2D eigenvalue weighted by atomic mass is 32.1. The van der Waals surface area contributed by atoms with Gasteiger partial charge in [0.1, 0.15) is 0 Å². The molecule has 0 fully saturated rings. The lowest BCUT2D eigenvalue weighted by molar-refractivity contribution is 0.101. The number of anilines is 2. The second-order valence-electron chi connectivity index (χ2n) is 4.88. The van der Waals surface area contributed by atoms with Gasteiger partial charge in [-0.05, 0) is 67.5 Å². The van der Waals surface area contributed by atoms with Gasteiger partial charge in [0, 0.05) is 23.5 Å². The Balaban J connectivity index is 1.93. The van der Waals surface area contributed by atoms with Crippen LogP contribution in [0.2, 0.25) is 0 Å². The summed E-state index contributed by atoms with van der Waals surface area (Å²) >= 11 is 5.26. The van der Waals surface area contributed by atoms with Crippen molar-refractivity contribution in [3.63, 3.8) is 0 Å². The van der Waals surface area contributed by atoms with E-state index in [0.29, 0.717) is 17.1 Å². The fraction of sp³-hybridized carbons (Fsp3) is 0.176. The Morgan fingerprint density at radius 3 is 1.95 bits per heavy atom. The SMILES string of the molecule is CC(=O)c1ccc(NC(=S)Nc2ccc(CCO)cc2)cc1. The minimum Gasteiger partial charge on any atom is -0.396 e. The van der Waals surface area contributed by atoms with E-state index in [1.165, 1.54) is 6.92 Å². The second kappa shape index (κ2) is 7.68. The molecule has 5 heteroatoms. The molecule has 0 aliphatic carbocycles. The molecule has 0 saturated carbocycles. The molecule has 0 heterocycles. The molecule has 2 aromatic rings. The Hall–Kier alpha value is -2.24. The van der Waals surface area contributed by atoms with Crippen LogP contribution in [-0.2, 0) is 6.42 Å². The van der Waals surface area contributed by atoms with E-state index in [2.05, 4.69) is 10.6 Å². The average Bonchev–Trinajstić information content (AvgIpc) is 2.50. The van der Waals surface area contributed by atoms with E-state index in [1.54, 1.807) is 12.1 Å². The number of benzene rings is 2. The smallest absolute Gasteiger partial charge is 0.175 e. The summed E-state index contributed by atoms with van der Waals surface area (Å²) in [6.45, 7) is 1.68. The maximum Gasteiger partial charge on any atom is 0.175 e. The Morgan fingerprint density at radius 2 is 1.50 bits per heavy atom. The Bertz CT molecular complexity index is 651. The second-order valence-corrected chi connectivity index (χ2v) is 5.29. The molecule has 0 spiro atoms. The van der Waals surface area contributed by atoms with Crippen LogP contribution in [0.4, 0.5) is 11.4 Å². The van der Waals surface area contributed by atoms with E-state index in [9.17, 15) is 4.79 Å². The van der Waals surface area contributed by atoms with Crippen molar-refractivity contribution in [3.05, 3.63) is 59.7 Å². The fourth-order valence-electron chi connectivity index (χ4n) is 1.97. The van der Waals surface area contributed by atoms with Crippen LogP contribution in [0, 0.1) is 0 Å². The number of thiocarbonyl (C=S) groups is 1. The fourth-order valence-corrected chi connectivity index (χ4v) is 2.20. The van der Waals surface area contributed by atoms with Crippen LogP contribution in [-0.4, -0.2) is 22.6 Å². The number of hydrogen-bond acceptors (Lipinski definition) is 3. The van der Waals surface area contributed by atoms with Crippen LogP contribution in [0.1, 0.15) is 22.8 Å². The van der Waals surface area contributed by atoms with Crippen molar-refractivity contribution in [1.82, 2.24) is 0 Å². The van der Waals surface area contributed by atoms with Gasteiger partial charge in [0.25, 0.3) is 0 Å². The van der Waals surface area contributed by atoms with Crippen LogP contribution >= 0.6 is 12.2 Å². The molecule has 0 unspecified atom stereocenters. The summed E-state index contributed by atoms with van der Waals surface area (Å²) in [7, 11) is 0. The van der Waals surface area contributed by atoms with Gasteiger partial charge in [-0.3, -0.25) is 4.79 Å². The zero-order chi connectivity index (χ0) is 15.9. The van der Waals surface area contributed by atoms with Gasteiger partial charge in [-0.15, -0.1) is 0 Å². The molecule has 22 heavy (non-hydrogen) atoms. The summed E-state index contributed by atoms with van der Waals surface area (Å²) in [4.78, 5) is 11.2. The average molecular weight is 314 g/mol. The first kappa shape index (κ1) is 16.1. The highest BCUT2D eigenvalue weighted by molar-refractivity contribution is 7.80. The van der Waals surface area contributed by atoms with E-state index >= 15 is 0 Å². The Kier molecular flexibility index (Phi) is 5.63. The first-order valence-corrected chi connectivity index (χ1v) is 7.38. The van der Waals surface area contributed by atoms with Gasteiger partial charge in [0.05, 0.1) is 0 Å². The summed E-state index contributed by atoms with van der Waals surface area (Å²) < 4.78 is 0. The minimum absolute atomic E-state index is 0.0372. The molecular weight excluding hydrogens is 296 g/mol. The lowest BCUT2D eigenvalue weighted by Crippen LogP contribution is -2.19. The van der Waals surface area contributed by atoms with Crippen LogP contribution in [0.15, 0.2) is 48.5 Å². The van der Waals surface area contributed by atoms with Crippen LogP contribution < -0.4 is 10.6 Å². The van der Waals surface area contributed by atoms with E-state index in [4.69, 9.17) is 17.3 Å². The molecule has 3 N–H and O–H groups in total. The molecule has 114 valence electrons. The Labute approximate surface area is 135 Å². The zero-order valence-corrected chi connectivity index (χ0v) is 13.1. The molecule has 0 atom stereocenters. The van der Waals surface area contributed by atoms with Gasteiger partial charge in [0.15, 0.2) is 10.9 Å². The van der Waals surface area contributed by atoms with Gasteiger partial charge in [0.2, 0.25) is 0 Å². The molecule has 0 aliphatic rings. The third kappa shape index (κ3) is 4.65. The molecule has 0 aromatic heterocycles. The molecule has 4 nitrogen and oxygen atoms in total. The summed E-state index contributed by atoms with van der Waals surface area (Å²) in [5.74, 6) is 0.0372. The summed E-state index contributed by atoms with van der Waals surface area (Å²) in [5, 5.41) is 15.5. The van der Waals surface area contributed by atoms with Crippen LogP contribution in [0.3, 0.4) is 0 Å². The number of carbonyl (C=O) groups excluding carboxylic acids is 1. The van der Waals surface area contributed by atoms with Gasteiger partial charge in [-0.2, -0.15) is 0 Å². The van der Waals surface area contributed by atoms with Crippen molar-refractivity contribution in [2.75, 3.05) is 17.2 Å². The van der Waals surface area contributed by atoms with Gasteiger partial charge >= 0.3 is 0 Å². The number of aliphatic hydroxyl groups excluding tert-OH is 1. The first-order chi connectivity index (χ1) is 10.6. The predicted octanol–water partition coefficient (Wildman–Crippen LogP) is 3.23. The standard InChI is InChI=1S/C17H18N2O2S/c1-12(21)14-4-8-16(9-5-14)19-17(22)18-15-6-2-13(3-7-15)10-11-20/h2-9,20H,10-11H2,1H3,(H2,18,19,22). The zero-order valence-electron chi connectivity index (χ0n) is 12.3. The van der Waals surface area contributed by atoms with Crippen molar-refractivity contribution in [3.8, 4) is 0 Å². The lowest BCUT2D eigenvalue weighted by atomic mass is 10.1. The number of hydrogen-bond donors (Lipinski definition) is 3. The maximum absolute atomic E-state index is 11.2. The van der Waals surface area contributed by atoms with Gasteiger partial charge in [-0.25, -0.2) is 0 Å². The third-order valence-electron chi connectivity index (χ3n) is 3.16.